The fourth-order valence-corrected chi connectivity index (χ4v) is 3.59. The van der Waals surface area contributed by atoms with E-state index in [2.05, 4.69) is 20.3 Å². The Morgan fingerprint density at radius 2 is 1.97 bits per heavy atom. The van der Waals surface area contributed by atoms with E-state index < -0.39 is 0 Å². The van der Waals surface area contributed by atoms with E-state index >= 15 is 0 Å². The van der Waals surface area contributed by atoms with Crippen molar-refractivity contribution in [1.29, 1.82) is 0 Å². The molecule has 0 saturated carbocycles. The van der Waals surface area contributed by atoms with Crippen LogP contribution in [0.5, 0.6) is 0 Å². The number of H-pyrrole nitrogens is 1. The molecule has 0 radical (unpaired) electrons. The van der Waals surface area contributed by atoms with E-state index in [4.69, 9.17) is 0 Å². The maximum absolute atomic E-state index is 12.8. The van der Waals surface area contributed by atoms with Gasteiger partial charge in [0, 0.05) is 41.1 Å². The number of amides is 1. The largest absolute Gasteiger partial charge is 0.354 e. The molecule has 3 aromatic heterocycles. The van der Waals surface area contributed by atoms with Gasteiger partial charge in [-0.2, -0.15) is 0 Å². The number of aromatic amines is 1. The van der Waals surface area contributed by atoms with Gasteiger partial charge in [-0.1, -0.05) is 19.1 Å². The van der Waals surface area contributed by atoms with Gasteiger partial charge < -0.3 is 10.3 Å². The topological polar surface area (TPSA) is 92.2 Å². The number of aryl methyl sites for hydroxylation is 1. The minimum absolute atomic E-state index is 0.0408. The molecule has 7 nitrogen and oxygen atoms in total. The van der Waals surface area contributed by atoms with Gasteiger partial charge in [0.15, 0.2) is 5.78 Å². The molecule has 0 fully saturated rings. The Kier molecular flexibility index (Phi) is 4.72. The number of imidazole rings is 1. The number of ketones is 1. The number of carbonyl (C=O) groups is 2. The van der Waals surface area contributed by atoms with Crippen molar-refractivity contribution in [2.24, 2.45) is 0 Å². The van der Waals surface area contributed by atoms with Crippen LogP contribution in [0.15, 0.2) is 48.9 Å². The van der Waals surface area contributed by atoms with Gasteiger partial charge in [0.05, 0.1) is 5.69 Å². The lowest BCUT2D eigenvalue weighted by Crippen LogP contribution is -2.14. The van der Waals surface area contributed by atoms with Crippen molar-refractivity contribution >= 4 is 23.2 Å². The number of anilines is 1. The van der Waals surface area contributed by atoms with Gasteiger partial charge in [-0.3, -0.25) is 14.0 Å². The number of hydrogen-bond donors (Lipinski definition) is 2. The van der Waals surface area contributed by atoms with Gasteiger partial charge in [0.2, 0.25) is 5.78 Å². The van der Waals surface area contributed by atoms with Crippen LogP contribution in [0.4, 0.5) is 5.69 Å². The number of rotatable bonds is 5. The predicted molar refractivity (Wildman–Crippen MR) is 111 cm³/mol. The lowest BCUT2D eigenvalue weighted by molar-refractivity contribution is 0.101. The van der Waals surface area contributed by atoms with E-state index in [-0.39, 0.29) is 11.7 Å². The SMILES string of the molecule is CCc1c(C(=O)Nc2ccc(-c3cn4cccnc4n3)cc2)[nH]c(C)c1C(C)=O. The van der Waals surface area contributed by atoms with Crippen molar-refractivity contribution in [3.05, 3.63) is 71.4 Å². The summed E-state index contributed by atoms with van der Waals surface area (Å²) in [6.07, 6.45) is 6.11. The smallest absolute Gasteiger partial charge is 0.272 e. The monoisotopic (exact) mass is 387 g/mol. The van der Waals surface area contributed by atoms with E-state index in [0.717, 1.165) is 22.5 Å². The van der Waals surface area contributed by atoms with E-state index in [1.165, 1.54) is 6.92 Å². The summed E-state index contributed by atoms with van der Waals surface area (Å²) in [5.41, 5.74) is 4.91. The lowest BCUT2D eigenvalue weighted by Gasteiger charge is -2.07. The molecular weight excluding hydrogens is 366 g/mol. The maximum atomic E-state index is 12.8. The molecule has 1 amide bonds. The van der Waals surface area contributed by atoms with Gasteiger partial charge in [-0.05, 0) is 44.0 Å². The molecule has 0 atom stereocenters. The van der Waals surface area contributed by atoms with E-state index in [0.29, 0.717) is 29.1 Å². The summed E-state index contributed by atoms with van der Waals surface area (Å²) < 4.78 is 1.86. The van der Waals surface area contributed by atoms with Crippen molar-refractivity contribution < 1.29 is 9.59 Å². The highest BCUT2D eigenvalue weighted by Gasteiger charge is 2.21. The Bertz CT molecular complexity index is 1180. The zero-order chi connectivity index (χ0) is 20.5. The minimum Gasteiger partial charge on any atom is -0.354 e. The highest BCUT2D eigenvalue weighted by molar-refractivity contribution is 6.07. The average molecular weight is 387 g/mol. The quantitative estimate of drug-likeness (QED) is 0.505. The Morgan fingerprint density at radius 3 is 2.62 bits per heavy atom. The van der Waals surface area contributed by atoms with E-state index in [1.54, 1.807) is 6.20 Å². The highest BCUT2D eigenvalue weighted by Crippen LogP contribution is 2.23. The highest BCUT2D eigenvalue weighted by atomic mass is 16.2. The number of benzene rings is 1. The van der Waals surface area contributed by atoms with Crippen LogP contribution in [0, 0.1) is 6.92 Å². The molecule has 0 aliphatic heterocycles. The second kappa shape index (κ2) is 7.35. The fraction of sp³-hybridized carbons (Fsp3) is 0.182. The lowest BCUT2D eigenvalue weighted by atomic mass is 10.0. The van der Waals surface area contributed by atoms with Crippen LogP contribution in [0.1, 0.15) is 46.0 Å². The summed E-state index contributed by atoms with van der Waals surface area (Å²) in [5.74, 6) is 0.332. The number of carbonyl (C=O) groups excluding carboxylic acids is 2. The van der Waals surface area contributed by atoms with E-state index in [1.807, 2.05) is 61.0 Å². The summed E-state index contributed by atoms with van der Waals surface area (Å²) >= 11 is 0. The maximum Gasteiger partial charge on any atom is 0.272 e. The first-order valence-electron chi connectivity index (χ1n) is 9.41. The Morgan fingerprint density at radius 1 is 1.21 bits per heavy atom. The summed E-state index contributed by atoms with van der Waals surface area (Å²) in [5, 5.41) is 2.90. The third-order valence-electron chi connectivity index (χ3n) is 4.90. The Labute approximate surface area is 167 Å². The summed E-state index contributed by atoms with van der Waals surface area (Å²) in [7, 11) is 0. The predicted octanol–water partition coefficient (Wildman–Crippen LogP) is 4.05. The van der Waals surface area contributed by atoms with Crippen molar-refractivity contribution in [3.63, 3.8) is 0 Å². The first-order chi connectivity index (χ1) is 14.0. The molecule has 0 aliphatic carbocycles. The zero-order valence-corrected chi connectivity index (χ0v) is 16.5. The fourth-order valence-electron chi connectivity index (χ4n) is 3.59. The first-order valence-corrected chi connectivity index (χ1v) is 9.41. The Hall–Kier alpha value is -3.74. The number of aromatic nitrogens is 4. The molecule has 0 unspecified atom stereocenters. The number of hydrogen-bond acceptors (Lipinski definition) is 4. The molecule has 1 aromatic carbocycles. The molecule has 3 heterocycles. The van der Waals surface area contributed by atoms with Crippen LogP contribution in [-0.4, -0.2) is 31.0 Å². The average Bonchev–Trinajstić information content (AvgIpc) is 3.29. The molecule has 4 rings (SSSR count). The molecule has 146 valence electrons. The van der Waals surface area contributed by atoms with Crippen LogP contribution in [0.3, 0.4) is 0 Å². The second-order valence-electron chi connectivity index (χ2n) is 6.87. The van der Waals surface area contributed by atoms with Gasteiger partial charge in [0.1, 0.15) is 5.69 Å². The molecular formula is C22H21N5O2. The standard InChI is InChI=1S/C22H21N5O2/c1-4-17-19(14(3)28)13(2)24-20(17)21(29)25-16-8-6-15(7-9-16)18-12-27-11-5-10-23-22(27)26-18/h5-12,24H,4H2,1-3H3,(H,25,29). The number of nitrogens with zero attached hydrogens (tertiary/aromatic N) is 3. The summed E-state index contributed by atoms with van der Waals surface area (Å²) in [6.45, 7) is 5.26. The third-order valence-corrected chi connectivity index (χ3v) is 4.90. The van der Waals surface area contributed by atoms with Crippen molar-refractivity contribution in [2.75, 3.05) is 5.32 Å². The van der Waals surface area contributed by atoms with Gasteiger partial charge in [-0.25, -0.2) is 9.97 Å². The summed E-state index contributed by atoms with van der Waals surface area (Å²) in [4.78, 5) is 36.5. The molecule has 0 saturated heterocycles. The van der Waals surface area contributed by atoms with Crippen molar-refractivity contribution in [2.45, 2.75) is 27.2 Å². The third kappa shape index (κ3) is 3.42. The zero-order valence-electron chi connectivity index (χ0n) is 16.5. The van der Waals surface area contributed by atoms with Gasteiger partial charge >= 0.3 is 0 Å². The minimum atomic E-state index is -0.262. The Balaban J connectivity index is 1.57. The normalized spacial score (nSPS) is 11.0. The molecule has 4 aromatic rings. The molecule has 0 aliphatic rings. The summed E-state index contributed by atoms with van der Waals surface area (Å²) in [6, 6.07) is 9.32. The van der Waals surface area contributed by atoms with Gasteiger partial charge in [0.25, 0.3) is 5.91 Å². The molecule has 2 N–H and O–H groups in total. The van der Waals surface area contributed by atoms with Crippen LogP contribution in [0.25, 0.3) is 17.0 Å². The molecule has 29 heavy (non-hydrogen) atoms. The number of Topliss-reactive ketones (excluding diaryl/α,β-unsaturated/α-hetero) is 1. The van der Waals surface area contributed by atoms with Crippen LogP contribution in [0.2, 0.25) is 0 Å². The van der Waals surface area contributed by atoms with Crippen LogP contribution >= 0.6 is 0 Å². The van der Waals surface area contributed by atoms with Crippen molar-refractivity contribution in [3.8, 4) is 11.3 Å². The van der Waals surface area contributed by atoms with E-state index in [9.17, 15) is 9.59 Å². The molecule has 7 heteroatoms. The number of fused-ring (bicyclic) bond motifs is 1. The second-order valence-corrected chi connectivity index (χ2v) is 6.87. The van der Waals surface area contributed by atoms with Crippen LogP contribution in [-0.2, 0) is 6.42 Å². The first kappa shape index (κ1) is 18.6. The van der Waals surface area contributed by atoms with Crippen molar-refractivity contribution in [1.82, 2.24) is 19.4 Å². The molecule has 0 spiro atoms. The molecule has 0 bridgehead atoms. The van der Waals surface area contributed by atoms with Gasteiger partial charge in [-0.15, -0.1) is 0 Å². The van der Waals surface area contributed by atoms with Crippen LogP contribution < -0.4 is 5.32 Å². The number of nitrogens with one attached hydrogen (secondary N) is 2.